The number of halogens is 3. The van der Waals surface area contributed by atoms with Crippen molar-refractivity contribution in [1.82, 2.24) is 5.43 Å². The van der Waals surface area contributed by atoms with Crippen LogP contribution < -0.4 is 11.2 Å². The summed E-state index contributed by atoms with van der Waals surface area (Å²) in [6, 6.07) is 4.60. The van der Waals surface area contributed by atoms with Gasteiger partial charge in [0, 0.05) is 15.5 Å². The number of hydrogen-bond acceptors (Lipinski definition) is 3. The van der Waals surface area contributed by atoms with E-state index in [1.165, 1.54) is 12.3 Å². The van der Waals surface area contributed by atoms with E-state index in [1.807, 2.05) is 0 Å². The molecule has 3 N–H and O–H groups in total. The van der Waals surface area contributed by atoms with Crippen LogP contribution in [-0.4, -0.2) is 11.3 Å². The number of fused-ring (bicyclic) bond motifs is 1. The lowest BCUT2D eigenvalue weighted by Gasteiger charge is -2.04. The first-order valence-electron chi connectivity index (χ1n) is 5.05. The molecule has 0 bridgehead atoms. The Labute approximate surface area is 115 Å². The average Bonchev–Trinajstić information content (AvgIpc) is 2.71. The summed E-state index contributed by atoms with van der Waals surface area (Å²) >= 11 is 5.60. The van der Waals surface area contributed by atoms with Crippen molar-refractivity contribution < 1.29 is 13.2 Å². The molecule has 0 atom stereocenters. The lowest BCUT2D eigenvalue weighted by atomic mass is 10.1. The van der Waals surface area contributed by atoms with Gasteiger partial charge in [0.1, 0.15) is 0 Å². The van der Waals surface area contributed by atoms with E-state index in [4.69, 9.17) is 5.73 Å². The van der Waals surface area contributed by atoms with Crippen LogP contribution in [0.5, 0.6) is 0 Å². The highest BCUT2D eigenvalue weighted by Gasteiger charge is 2.33. The van der Waals surface area contributed by atoms with Crippen LogP contribution >= 0.6 is 23.6 Å². The molecular weight excluding hydrogens is 295 g/mol. The fourth-order valence-electron chi connectivity index (χ4n) is 1.52. The molecule has 0 unspecified atom stereocenters. The van der Waals surface area contributed by atoms with Crippen LogP contribution in [0.3, 0.4) is 0 Å². The van der Waals surface area contributed by atoms with Crippen molar-refractivity contribution >= 4 is 45.0 Å². The van der Waals surface area contributed by atoms with E-state index in [2.05, 4.69) is 22.7 Å². The molecule has 0 radical (unpaired) electrons. The molecular formula is C11H8F3N3S2. The van der Waals surface area contributed by atoms with Gasteiger partial charge in [0.05, 0.1) is 11.8 Å². The molecule has 0 aliphatic heterocycles. The molecule has 0 aliphatic carbocycles. The molecule has 0 spiro atoms. The minimum atomic E-state index is -4.33. The van der Waals surface area contributed by atoms with Crippen molar-refractivity contribution in [1.29, 1.82) is 0 Å². The predicted molar refractivity (Wildman–Crippen MR) is 74.3 cm³/mol. The van der Waals surface area contributed by atoms with E-state index in [0.717, 1.165) is 16.7 Å². The first kappa shape index (κ1) is 13.8. The third-order valence-corrected chi connectivity index (χ3v) is 3.33. The molecule has 2 aromatic rings. The van der Waals surface area contributed by atoms with Gasteiger partial charge in [-0.05, 0) is 23.8 Å². The second-order valence-corrected chi connectivity index (χ2v) is 4.99. The summed E-state index contributed by atoms with van der Waals surface area (Å²) in [5, 5.41) is 5.07. The van der Waals surface area contributed by atoms with Crippen molar-refractivity contribution in [3.05, 3.63) is 34.7 Å². The van der Waals surface area contributed by atoms with E-state index in [9.17, 15) is 13.2 Å². The van der Waals surface area contributed by atoms with Gasteiger partial charge in [-0.25, -0.2) is 0 Å². The molecule has 0 fully saturated rings. The van der Waals surface area contributed by atoms with Crippen molar-refractivity contribution in [3.8, 4) is 0 Å². The van der Waals surface area contributed by atoms with Crippen molar-refractivity contribution in [2.24, 2.45) is 10.8 Å². The van der Waals surface area contributed by atoms with Gasteiger partial charge in [0.25, 0.3) is 0 Å². The third-order valence-electron chi connectivity index (χ3n) is 2.29. The van der Waals surface area contributed by atoms with E-state index < -0.39 is 11.7 Å². The summed E-state index contributed by atoms with van der Waals surface area (Å²) in [4.78, 5) is 0. The summed E-state index contributed by atoms with van der Waals surface area (Å²) in [5.74, 6) is 0. The Morgan fingerprint density at radius 2 is 2.16 bits per heavy atom. The zero-order valence-electron chi connectivity index (χ0n) is 9.36. The Bertz CT molecular complexity index is 646. The summed E-state index contributed by atoms with van der Waals surface area (Å²) in [6.07, 6.45) is -2.90. The van der Waals surface area contributed by atoms with Gasteiger partial charge in [0.2, 0.25) is 0 Å². The Morgan fingerprint density at radius 3 is 2.79 bits per heavy atom. The standard InChI is InChI=1S/C11H8F3N3S2/c12-11(13,14)8-5-19-9-3-6(1-2-7(8)9)4-16-17-10(15)18/h1-5H,(H3,15,17,18). The molecule has 1 aromatic heterocycles. The van der Waals surface area contributed by atoms with Gasteiger partial charge in [-0.2, -0.15) is 18.3 Å². The second kappa shape index (κ2) is 5.14. The Morgan fingerprint density at radius 1 is 1.42 bits per heavy atom. The van der Waals surface area contributed by atoms with Gasteiger partial charge in [0.15, 0.2) is 5.11 Å². The molecule has 1 aromatic carbocycles. The van der Waals surface area contributed by atoms with Gasteiger partial charge in [-0.3, -0.25) is 5.43 Å². The predicted octanol–water partition coefficient (Wildman–Crippen LogP) is 3.09. The number of rotatable bonds is 2. The smallest absolute Gasteiger partial charge is 0.375 e. The summed E-state index contributed by atoms with van der Waals surface area (Å²) in [7, 11) is 0. The van der Waals surface area contributed by atoms with Gasteiger partial charge < -0.3 is 5.73 Å². The van der Waals surface area contributed by atoms with E-state index >= 15 is 0 Å². The number of nitrogens with two attached hydrogens (primary N) is 1. The Balaban J connectivity index is 2.33. The maximum atomic E-state index is 12.7. The molecule has 8 heteroatoms. The number of nitrogens with one attached hydrogen (secondary N) is 1. The Hall–Kier alpha value is -1.67. The van der Waals surface area contributed by atoms with Crippen LogP contribution in [0.2, 0.25) is 0 Å². The van der Waals surface area contributed by atoms with E-state index in [-0.39, 0.29) is 10.5 Å². The normalized spacial score (nSPS) is 12.2. The number of thiocarbonyl (C=S) groups is 1. The molecule has 100 valence electrons. The lowest BCUT2D eigenvalue weighted by molar-refractivity contribution is -0.136. The SMILES string of the molecule is NC(=S)NN=Cc1ccc2c(C(F)(F)F)csc2c1. The quantitative estimate of drug-likeness (QED) is 0.509. The molecule has 0 saturated carbocycles. The fourth-order valence-corrected chi connectivity index (χ4v) is 2.58. The topological polar surface area (TPSA) is 50.4 Å². The maximum Gasteiger partial charge on any atom is 0.417 e. The number of benzene rings is 1. The van der Waals surface area contributed by atoms with Gasteiger partial charge in [-0.15, -0.1) is 11.3 Å². The Kier molecular flexibility index (Phi) is 3.72. The largest absolute Gasteiger partial charge is 0.417 e. The van der Waals surface area contributed by atoms with Crippen LogP contribution in [0.15, 0.2) is 28.7 Å². The molecule has 2 rings (SSSR count). The minimum Gasteiger partial charge on any atom is -0.375 e. The van der Waals surface area contributed by atoms with Crippen LogP contribution in [0.25, 0.3) is 10.1 Å². The molecule has 0 saturated heterocycles. The molecule has 1 heterocycles. The first-order valence-corrected chi connectivity index (χ1v) is 6.33. The molecule has 3 nitrogen and oxygen atoms in total. The number of nitrogens with zero attached hydrogens (tertiary/aromatic N) is 1. The molecule has 0 aliphatic rings. The zero-order chi connectivity index (χ0) is 14.0. The van der Waals surface area contributed by atoms with Crippen LogP contribution in [0.4, 0.5) is 13.2 Å². The highest BCUT2D eigenvalue weighted by molar-refractivity contribution is 7.80. The summed E-state index contributed by atoms with van der Waals surface area (Å²) in [5.41, 5.74) is 7.60. The maximum absolute atomic E-state index is 12.7. The minimum absolute atomic E-state index is 0.0211. The number of hydrazone groups is 1. The van der Waals surface area contributed by atoms with Crippen molar-refractivity contribution in [3.63, 3.8) is 0 Å². The molecule has 0 amide bonds. The van der Waals surface area contributed by atoms with Crippen molar-refractivity contribution in [2.75, 3.05) is 0 Å². The summed E-state index contributed by atoms with van der Waals surface area (Å²) in [6.45, 7) is 0. The first-order chi connectivity index (χ1) is 8.88. The number of hydrogen-bond donors (Lipinski definition) is 2. The van der Waals surface area contributed by atoms with E-state index in [1.54, 1.807) is 12.1 Å². The highest BCUT2D eigenvalue weighted by atomic mass is 32.1. The second-order valence-electron chi connectivity index (χ2n) is 3.64. The number of thiophene rings is 1. The van der Waals surface area contributed by atoms with Crippen molar-refractivity contribution in [2.45, 2.75) is 6.18 Å². The lowest BCUT2D eigenvalue weighted by Crippen LogP contribution is -2.23. The van der Waals surface area contributed by atoms with Crippen LogP contribution in [-0.2, 0) is 6.18 Å². The van der Waals surface area contributed by atoms with Crippen LogP contribution in [0, 0.1) is 0 Å². The van der Waals surface area contributed by atoms with Crippen LogP contribution in [0.1, 0.15) is 11.1 Å². The fraction of sp³-hybridized carbons (Fsp3) is 0.0909. The third kappa shape index (κ3) is 3.21. The van der Waals surface area contributed by atoms with Gasteiger partial charge >= 0.3 is 6.18 Å². The van der Waals surface area contributed by atoms with Gasteiger partial charge in [-0.1, -0.05) is 12.1 Å². The average molecular weight is 303 g/mol. The number of alkyl halides is 3. The highest BCUT2D eigenvalue weighted by Crippen LogP contribution is 2.38. The summed E-state index contributed by atoms with van der Waals surface area (Å²) < 4.78 is 38.6. The monoisotopic (exact) mass is 303 g/mol. The van der Waals surface area contributed by atoms with E-state index in [0.29, 0.717) is 10.3 Å². The molecule has 19 heavy (non-hydrogen) atoms. The zero-order valence-corrected chi connectivity index (χ0v) is 11.0.